The molecule has 0 aromatic heterocycles. The van der Waals surface area contributed by atoms with Crippen LogP contribution in [0.1, 0.15) is 26.3 Å². The number of hydrogen-bond donors (Lipinski definition) is 1. The van der Waals surface area contributed by atoms with Gasteiger partial charge in [0.2, 0.25) is 0 Å². The van der Waals surface area contributed by atoms with E-state index in [1.165, 1.54) is 18.2 Å². The molecule has 3 rings (SSSR count). The van der Waals surface area contributed by atoms with Crippen LogP contribution in [0.25, 0.3) is 6.08 Å². The number of nitrogens with zero attached hydrogens (tertiary/aromatic N) is 1. The molecular formula is C22H20BrClN2O5. The number of nitrogens with one attached hydrogen (secondary N) is 1. The molecule has 162 valence electrons. The Kier molecular flexibility index (Phi) is 7.02. The van der Waals surface area contributed by atoms with E-state index in [9.17, 15) is 14.4 Å². The van der Waals surface area contributed by atoms with Crippen molar-refractivity contribution in [1.29, 1.82) is 0 Å². The third-order valence-electron chi connectivity index (χ3n) is 4.21. The average Bonchev–Trinajstić information content (AvgIpc) is 2.69. The molecule has 1 heterocycles. The van der Waals surface area contributed by atoms with Crippen molar-refractivity contribution in [2.45, 2.75) is 26.9 Å². The van der Waals surface area contributed by atoms with Crippen LogP contribution in [0.5, 0.6) is 11.5 Å². The highest BCUT2D eigenvalue weighted by atomic mass is 79.9. The Balaban J connectivity index is 2.03. The molecule has 2 aromatic carbocycles. The summed E-state index contributed by atoms with van der Waals surface area (Å²) in [6, 6.07) is 8.70. The SMILES string of the molecule is CCOc1cc(/C=C2\C(=O)NC(=O)N(c3ccc(Cl)cc3)C2=O)c(Br)cc1OC(C)C. The first-order valence-corrected chi connectivity index (χ1v) is 10.7. The lowest BCUT2D eigenvalue weighted by atomic mass is 10.1. The van der Waals surface area contributed by atoms with Gasteiger partial charge in [-0.1, -0.05) is 27.5 Å². The van der Waals surface area contributed by atoms with E-state index in [4.69, 9.17) is 21.1 Å². The summed E-state index contributed by atoms with van der Waals surface area (Å²) < 4.78 is 12.0. The Labute approximate surface area is 193 Å². The van der Waals surface area contributed by atoms with Gasteiger partial charge in [-0.2, -0.15) is 0 Å². The molecule has 0 bridgehead atoms. The number of urea groups is 1. The largest absolute Gasteiger partial charge is 0.490 e. The lowest BCUT2D eigenvalue weighted by Crippen LogP contribution is -2.54. The van der Waals surface area contributed by atoms with Crippen molar-refractivity contribution in [3.63, 3.8) is 0 Å². The molecule has 1 aliphatic rings. The summed E-state index contributed by atoms with van der Waals surface area (Å²) in [6.45, 7) is 6.04. The summed E-state index contributed by atoms with van der Waals surface area (Å²) in [5.74, 6) is -0.528. The van der Waals surface area contributed by atoms with Gasteiger partial charge < -0.3 is 9.47 Å². The van der Waals surface area contributed by atoms with E-state index in [1.54, 1.807) is 24.3 Å². The number of ether oxygens (including phenoxy) is 2. The van der Waals surface area contributed by atoms with Gasteiger partial charge in [0, 0.05) is 9.50 Å². The van der Waals surface area contributed by atoms with Crippen molar-refractivity contribution in [2.24, 2.45) is 0 Å². The molecular weight excluding hydrogens is 488 g/mol. The second-order valence-corrected chi connectivity index (χ2v) is 8.15. The third kappa shape index (κ3) is 5.08. The Morgan fingerprint density at radius 1 is 1.13 bits per heavy atom. The number of hydrogen-bond acceptors (Lipinski definition) is 5. The Morgan fingerprint density at radius 3 is 2.42 bits per heavy atom. The summed E-state index contributed by atoms with van der Waals surface area (Å²) in [7, 11) is 0. The summed E-state index contributed by atoms with van der Waals surface area (Å²) >= 11 is 9.34. The first-order valence-electron chi connectivity index (χ1n) is 9.51. The predicted octanol–water partition coefficient (Wildman–Crippen LogP) is 4.95. The van der Waals surface area contributed by atoms with Crippen molar-refractivity contribution >= 4 is 57.1 Å². The molecule has 1 N–H and O–H groups in total. The topological polar surface area (TPSA) is 84.9 Å². The Hall–Kier alpha value is -2.84. The number of benzene rings is 2. The molecule has 1 fully saturated rings. The highest BCUT2D eigenvalue weighted by Gasteiger charge is 2.37. The van der Waals surface area contributed by atoms with Crippen LogP contribution in [0.2, 0.25) is 5.02 Å². The number of amides is 4. The van der Waals surface area contributed by atoms with Crippen molar-refractivity contribution in [3.8, 4) is 11.5 Å². The van der Waals surface area contributed by atoms with Gasteiger partial charge in [-0.15, -0.1) is 0 Å². The van der Waals surface area contributed by atoms with E-state index in [2.05, 4.69) is 21.2 Å². The van der Waals surface area contributed by atoms with Crippen molar-refractivity contribution in [1.82, 2.24) is 5.32 Å². The lowest BCUT2D eigenvalue weighted by molar-refractivity contribution is -0.122. The molecule has 0 aliphatic carbocycles. The van der Waals surface area contributed by atoms with Crippen LogP contribution in [0.15, 0.2) is 46.4 Å². The van der Waals surface area contributed by atoms with Gasteiger partial charge >= 0.3 is 6.03 Å². The minimum absolute atomic E-state index is 0.0695. The number of barbiturate groups is 1. The molecule has 0 spiro atoms. The molecule has 0 atom stereocenters. The summed E-state index contributed by atoms with van der Waals surface area (Å²) in [5.41, 5.74) is 0.610. The third-order valence-corrected chi connectivity index (χ3v) is 5.15. The standard InChI is InChI=1S/C22H20BrClN2O5/c1-4-30-18-10-13(17(23)11-19(18)31-12(2)3)9-16-20(27)25-22(29)26(21(16)28)15-7-5-14(24)6-8-15/h5-12H,4H2,1-3H3,(H,25,27,29)/b16-9+. The van der Waals surface area contributed by atoms with E-state index >= 15 is 0 Å². The molecule has 0 saturated carbocycles. The first kappa shape index (κ1) is 22.8. The molecule has 31 heavy (non-hydrogen) atoms. The van der Waals surface area contributed by atoms with Crippen LogP contribution in [0, 0.1) is 0 Å². The number of rotatable bonds is 6. The normalized spacial score (nSPS) is 15.5. The number of carbonyl (C=O) groups is 3. The number of anilines is 1. The van der Waals surface area contributed by atoms with Crippen molar-refractivity contribution in [3.05, 3.63) is 57.0 Å². The maximum atomic E-state index is 13.0. The summed E-state index contributed by atoms with van der Waals surface area (Å²) in [4.78, 5) is 38.7. The monoisotopic (exact) mass is 506 g/mol. The number of halogens is 2. The Morgan fingerprint density at radius 2 is 1.81 bits per heavy atom. The fraction of sp³-hybridized carbons (Fsp3) is 0.227. The highest BCUT2D eigenvalue weighted by Crippen LogP contribution is 2.36. The van der Waals surface area contributed by atoms with Crippen LogP contribution < -0.4 is 19.7 Å². The second-order valence-electron chi connectivity index (χ2n) is 6.85. The number of carbonyl (C=O) groups excluding carboxylic acids is 3. The fourth-order valence-electron chi connectivity index (χ4n) is 2.91. The minimum Gasteiger partial charge on any atom is -0.490 e. The lowest BCUT2D eigenvalue weighted by Gasteiger charge is -2.26. The summed E-state index contributed by atoms with van der Waals surface area (Å²) in [6.07, 6.45) is 1.33. The van der Waals surface area contributed by atoms with E-state index in [-0.39, 0.29) is 11.7 Å². The van der Waals surface area contributed by atoms with Gasteiger partial charge in [-0.3, -0.25) is 14.9 Å². The zero-order valence-electron chi connectivity index (χ0n) is 17.1. The molecule has 7 nitrogen and oxygen atoms in total. The molecule has 4 amide bonds. The zero-order chi connectivity index (χ0) is 22.7. The second kappa shape index (κ2) is 9.53. The maximum Gasteiger partial charge on any atom is 0.335 e. The fourth-order valence-corrected chi connectivity index (χ4v) is 3.48. The predicted molar refractivity (Wildman–Crippen MR) is 122 cm³/mol. The molecule has 1 saturated heterocycles. The highest BCUT2D eigenvalue weighted by molar-refractivity contribution is 9.10. The minimum atomic E-state index is -0.829. The van der Waals surface area contributed by atoms with Crippen molar-refractivity contribution in [2.75, 3.05) is 11.5 Å². The molecule has 9 heteroatoms. The number of imide groups is 2. The van der Waals surface area contributed by atoms with Crippen molar-refractivity contribution < 1.29 is 23.9 Å². The molecule has 2 aromatic rings. The van der Waals surface area contributed by atoms with Gasteiger partial charge in [0.15, 0.2) is 11.5 Å². The average molecular weight is 508 g/mol. The van der Waals surface area contributed by atoms with Crippen LogP contribution in [0.4, 0.5) is 10.5 Å². The zero-order valence-corrected chi connectivity index (χ0v) is 19.4. The quantitative estimate of drug-likeness (QED) is 0.441. The first-order chi connectivity index (χ1) is 14.7. The molecule has 1 aliphatic heterocycles. The van der Waals surface area contributed by atoms with Crippen LogP contribution in [0.3, 0.4) is 0 Å². The maximum absolute atomic E-state index is 13.0. The van der Waals surface area contributed by atoms with Gasteiger partial charge in [0.25, 0.3) is 11.8 Å². The van der Waals surface area contributed by atoms with E-state index in [0.29, 0.717) is 38.9 Å². The van der Waals surface area contributed by atoms with Gasteiger partial charge in [-0.05, 0) is 68.8 Å². The van der Waals surface area contributed by atoms with Gasteiger partial charge in [-0.25, -0.2) is 9.69 Å². The molecule has 0 unspecified atom stereocenters. The van der Waals surface area contributed by atoms with E-state index in [1.807, 2.05) is 20.8 Å². The summed E-state index contributed by atoms with van der Waals surface area (Å²) in [5, 5.41) is 2.65. The van der Waals surface area contributed by atoms with E-state index < -0.39 is 17.8 Å². The van der Waals surface area contributed by atoms with Gasteiger partial charge in [0.1, 0.15) is 5.57 Å². The van der Waals surface area contributed by atoms with Crippen LogP contribution in [-0.4, -0.2) is 30.6 Å². The Bertz CT molecular complexity index is 1070. The molecule has 0 radical (unpaired) electrons. The van der Waals surface area contributed by atoms with E-state index in [0.717, 1.165) is 4.90 Å². The van der Waals surface area contributed by atoms with Gasteiger partial charge in [0.05, 0.1) is 18.4 Å². The van der Waals surface area contributed by atoms with Crippen LogP contribution >= 0.6 is 27.5 Å². The smallest absolute Gasteiger partial charge is 0.335 e. The van der Waals surface area contributed by atoms with Crippen LogP contribution in [-0.2, 0) is 9.59 Å².